The number of methoxy groups -OCH3 is 1. The highest BCUT2D eigenvalue weighted by atomic mass is 16.5. The highest BCUT2D eigenvalue weighted by molar-refractivity contribution is 5.27. The molecule has 2 nitrogen and oxygen atoms in total. The Morgan fingerprint density at radius 3 is 2.33 bits per heavy atom. The Morgan fingerprint density at radius 2 is 1.83 bits per heavy atom. The molecule has 1 rings (SSSR count). The van der Waals surface area contributed by atoms with Gasteiger partial charge >= 0.3 is 0 Å². The van der Waals surface area contributed by atoms with E-state index in [1.54, 1.807) is 7.11 Å². The summed E-state index contributed by atoms with van der Waals surface area (Å²) >= 11 is 0. The normalized spacial score (nSPS) is 12.7. The lowest BCUT2D eigenvalue weighted by atomic mass is 9.96. The van der Waals surface area contributed by atoms with E-state index in [0.29, 0.717) is 12.0 Å². The number of benzene rings is 1. The number of aryl methyl sites for hydroxylation is 1. The van der Waals surface area contributed by atoms with Gasteiger partial charge in [-0.05, 0) is 49.4 Å². The number of nitrogens with one attached hydrogen (secondary N) is 1. The van der Waals surface area contributed by atoms with Crippen LogP contribution in [0.3, 0.4) is 0 Å². The van der Waals surface area contributed by atoms with E-state index in [1.807, 2.05) is 12.1 Å². The molecule has 102 valence electrons. The van der Waals surface area contributed by atoms with Crippen LogP contribution in [0.15, 0.2) is 24.3 Å². The van der Waals surface area contributed by atoms with Crippen LogP contribution < -0.4 is 10.1 Å². The van der Waals surface area contributed by atoms with E-state index >= 15 is 0 Å². The average Bonchev–Trinajstić information content (AvgIpc) is 2.39. The van der Waals surface area contributed by atoms with E-state index in [-0.39, 0.29) is 0 Å². The molecule has 0 radical (unpaired) electrons. The Balaban J connectivity index is 2.44. The lowest BCUT2D eigenvalue weighted by molar-refractivity contribution is 0.378. The third-order valence-electron chi connectivity index (χ3n) is 3.36. The maximum absolute atomic E-state index is 5.17. The van der Waals surface area contributed by atoms with Crippen molar-refractivity contribution in [2.24, 2.45) is 5.92 Å². The fourth-order valence-electron chi connectivity index (χ4n) is 2.12. The molecular weight excluding hydrogens is 222 g/mol. The molecule has 1 unspecified atom stereocenters. The topological polar surface area (TPSA) is 21.3 Å². The highest BCUT2D eigenvalue weighted by Crippen LogP contribution is 2.15. The quantitative estimate of drug-likeness (QED) is 0.759. The van der Waals surface area contributed by atoms with Gasteiger partial charge in [0.25, 0.3) is 0 Å². The zero-order valence-corrected chi connectivity index (χ0v) is 12.2. The molecule has 0 aliphatic heterocycles. The second-order valence-corrected chi connectivity index (χ2v) is 5.19. The minimum Gasteiger partial charge on any atom is -0.497 e. The van der Waals surface area contributed by atoms with Crippen molar-refractivity contribution >= 4 is 0 Å². The van der Waals surface area contributed by atoms with Crippen molar-refractivity contribution in [3.8, 4) is 5.75 Å². The maximum Gasteiger partial charge on any atom is 0.118 e. The summed E-state index contributed by atoms with van der Waals surface area (Å²) in [6, 6.07) is 9.02. The van der Waals surface area contributed by atoms with E-state index in [0.717, 1.165) is 18.7 Å². The van der Waals surface area contributed by atoms with Crippen molar-refractivity contribution < 1.29 is 4.74 Å². The van der Waals surface area contributed by atoms with Crippen LogP contribution in [-0.2, 0) is 6.42 Å². The molecular formula is C16H27NO. The first-order valence-corrected chi connectivity index (χ1v) is 7.03. The molecule has 0 aliphatic rings. The molecule has 0 saturated carbocycles. The first-order valence-electron chi connectivity index (χ1n) is 7.03. The number of hydrogen-bond acceptors (Lipinski definition) is 2. The molecule has 0 spiro atoms. The molecule has 2 heteroatoms. The van der Waals surface area contributed by atoms with Gasteiger partial charge in [0.2, 0.25) is 0 Å². The highest BCUT2D eigenvalue weighted by Gasteiger charge is 2.11. The summed E-state index contributed by atoms with van der Waals surface area (Å²) < 4.78 is 5.17. The van der Waals surface area contributed by atoms with E-state index in [4.69, 9.17) is 4.74 Å². The van der Waals surface area contributed by atoms with Crippen LogP contribution in [0.5, 0.6) is 5.75 Å². The van der Waals surface area contributed by atoms with Gasteiger partial charge in [-0.15, -0.1) is 0 Å². The van der Waals surface area contributed by atoms with Crippen LogP contribution in [0.25, 0.3) is 0 Å². The molecule has 0 heterocycles. The van der Waals surface area contributed by atoms with Gasteiger partial charge in [0, 0.05) is 6.04 Å². The van der Waals surface area contributed by atoms with Crippen LogP contribution in [-0.4, -0.2) is 19.7 Å². The fourth-order valence-corrected chi connectivity index (χ4v) is 2.12. The molecule has 18 heavy (non-hydrogen) atoms. The molecule has 1 aromatic carbocycles. The van der Waals surface area contributed by atoms with Crippen LogP contribution in [0.2, 0.25) is 0 Å². The summed E-state index contributed by atoms with van der Waals surface area (Å²) in [5.74, 6) is 1.62. The third kappa shape index (κ3) is 5.09. The van der Waals surface area contributed by atoms with Crippen LogP contribution in [0, 0.1) is 5.92 Å². The van der Waals surface area contributed by atoms with Gasteiger partial charge in [0.1, 0.15) is 5.75 Å². The summed E-state index contributed by atoms with van der Waals surface area (Å²) in [7, 11) is 1.71. The van der Waals surface area contributed by atoms with Crippen LogP contribution >= 0.6 is 0 Å². The monoisotopic (exact) mass is 249 g/mol. The molecule has 0 aliphatic carbocycles. The first-order chi connectivity index (χ1) is 8.67. The van der Waals surface area contributed by atoms with Gasteiger partial charge in [-0.2, -0.15) is 0 Å². The average molecular weight is 249 g/mol. The fraction of sp³-hybridized carbons (Fsp3) is 0.625. The van der Waals surface area contributed by atoms with Crippen molar-refractivity contribution in [3.05, 3.63) is 29.8 Å². The van der Waals surface area contributed by atoms with Crippen LogP contribution in [0.1, 0.15) is 39.2 Å². The summed E-state index contributed by atoms with van der Waals surface area (Å²) in [5.41, 5.74) is 1.39. The summed E-state index contributed by atoms with van der Waals surface area (Å²) in [5, 5.41) is 3.64. The lowest BCUT2D eigenvalue weighted by Gasteiger charge is -2.22. The van der Waals surface area contributed by atoms with E-state index in [1.165, 1.54) is 18.4 Å². The van der Waals surface area contributed by atoms with Gasteiger partial charge in [-0.1, -0.05) is 32.9 Å². The van der Waals surface area contributed by atoms with Gasteiger partial charge in [0.05, 0.1) is 7.11 Å². The Bertz CT molecular complexity index is 318. The Hall–Kier alpha value is -1.02. The predicted molar refractivity (Wildman–Crippen MR) is 78.2 cm³/mol. The van der Waals surface area contributed by atoms with Gasteiger partial charge < -0.3 is 10.1 Å². The number of hydrogen-bond donors (Lipinski definition) is 1. The SMILES string of the molecule is CCCNC(CCc1ccc(OC)cc1)C(C)C. The zero-order chi connectivity index (χ0) is 13.4. The van der Waals surface area contributed by atoms with Crippen molar-refractivity contribution in [1.82, 2.24) is 5.32 Å². The third-order valence-corrected chi connectivity index (χ3v) is 3.36. The predicted octanol–water partition coefficient (Wildman–Crippen LogP) is 3.65. The van der Waals surface area contributed by atoms with E-state index in [2.05, 4.69) is 38.2 Å². The molecule has 1 N–H and O–H groups in total. The Kier molecular flexibility index (Phi) is 6.81. The molecule has 0 bridgehead atoms. The standard InChI is InChI=1S/C16H27NO/c1-5-12-17-16(13(2)3)11-8-14-6-9-15(18-4)10-7-14/h6-7,9-10,13,16-17H,5,8,11-12H2,1-4H3. The van der Waals surface area contributed by atoms with Crippen molar-refractivity contribution in [2.75, 3.05) is 13.7 Å². The largest absolute Gasteiger partial charge is 0.497 e. The summed E-state index contributed by atoms with van der Waals surface area (Å²) in [6.45, 7) is 7.92. The Morgan fingerprint density at radius 1 is 1.17 bits per heavy atom. The smallest absolute Gasteiger partial charge is 0.118 e. The minimum atomic E-state index is 0.618. The van der Waals surface area contributed by atoms with Gasteiger partial charge in [0.15, 0.2) is 0 Å². The second-order valence-electron chi connectivity index (χ2n) is 5.19. The zero-order valence-electron chi connectivity index (χ0n) is 12.2. The van der Waals surface area contributed by atoms with Crippen molar-refractivity contribution in [3.63, 3.8) is 0 Å². The number of ether oxygens (including phenoxy) is 1. The molecule has 1 aromatic rings. The maximum atomic E-state index is 5.17. The van der Waals surface area contributed by atoms with E-state index in [9.17, 15) is 0 Å². The van der Waals surface area contributed by atoms with E-state index < -0.39 is 0 Å². The molecule has 0 saturated heterocycles. The number of rotatable bonds is 8. The van der Waals surface area contributed by atoms with Gasteiger partial charge in [-0.3, -0.25) is 0 Å². The lowest BCUT2D eigenvalue weighted by Crippen LogP contribution is -2.34. The van der Waals surface area contributed by atoms with Gasteiger partial charge in [-0.25, -0.2) is 0 Å². The van der Waals surface area contributed by atoms with Crippen LogP contribution in [0.4, 0.5) is 0 Å². The molecule has 0 fully saturated rings. The first kappa shape index (κ1) is 15.0. The minimum absolute atomic E-state index is 0.618. The second kappa shape index (κ2) is 8.15. The summed E-state index contributed by atoms with van der Waals surface area (Å²) in [4.78, 5) is 0. The van der Waals surface area contributed by atoms with Crippen molar-refractivity contribution in [1.29, 1.82) is 0 Å². The molecule has 1 atom stereocenters. The Labute approximate surface area is 112 Å². The summed E-state index contributed by atoms with van der Waals surface area (Å²) in [6.07, 6.45) is 3.53. The molecule has 0 aromatic heterocycles. The molecule has 0 amide bonds. The van der Waals surface area contributed by atoms with Crippen molar-refractivity contribution in [2.45, 2.75) is 46.1 Å².